The first-order valence-corrected chi connectivity index (χ1v) is 8.98. The van der Waals surface area contributed by atoms with Crippen molar-refractivity contribution >= 4 is 34.4 Å². The molecule has 3 atom stereocenters. The number of carbonyl (C=O) groups excluding carboxylic acids is 2. The van der Waals surface area contributed by atoms with Crippen LogP contribution in [0.25, 0.3) is 0 Å². The van der Waals surface area contributed by atoms with Gasteiger partial charge in [0.2, 0.25) is 0 Å². The van der Waals surface area contributed by atoms with Gasteiger partial charge in [-0.25, -0.2) is 0 Å². The summed E-state index contributed by atoms with van der Waals surface area (Å²) in [4.78, 5) is 26.9. The summed E-state index contributed by atoms with van der Waals surface area (Å²) in [7, 11) is 0. The number of ketones is 1. The topological polar surface area (TPSA) is 55.4 Å². The van der Waals surface area contributed by atoms with E-state index in [4.69, 9.17) is 4.74 Å². The Kier molecular flexibility index (Phi) is 4.71. The van der Waals surface area contributed by atoms with Gasteiger partial charge in [-0.3, -0.25) is 9.59 Å². The van der Waals surface area contributed by atoms with Crippen molar-refractivity contribution in [3.63, 3.8) is 0 Å². The van der Waals surface area contributed by atoms with Crippen LogP contribution in [0.5, 0.6) is 0 Å². The first kappa shape index (κ1) is 15.4. The van der Waals surface area contributed by atoms with Gasteiger partial charge in [0.1, 0.15) is 5.92 Å². The van der Waals surface area contributed by atoms with Gasteiger partial charge in [-0.1, -0.05) is 12.1 Å². The van der Waals surface area contributed by atoms with Crippen LogP contribution in [0.4, 0.5) is 0 Å². The Labute approximate surface area is 137 Å². The van der Waals surface area contributed by atoms with E-state index in [2.05, 4.69) is 5.32 Å². The van der Waals surface area contributed by atoms with Gasteiger partial charge in [0.05, 0.1) is 12.6 Å². The Morgan fingerprint density at radius 1 is 1.27 bits per heavy atom. The van der Waals surface area contributed by atoms with E-state index in [1.54, 1.807) is 29.6 Å². The largest absolute Gasteiger partial charge is 0.465 e. The second-order valence-electron chi connectivity index (χ2n) is 5.13. The van der Waals surface area contributed by atoms with Gasteiger partial charge >= 0.3 is 5.97 Å². The van der Waals surface area contributed by atoms with Crippen molar-refractivity contribution in [1.82, 2.24) is 5.32 Å². The highest BCUT2D eigenvalue weighted by Crippen LogP contribution is 2.38. The van der Waals surface area contributed by atoms with Crippen LogP contribution < -0.4 is 5.32 Å². The summed E-state index contributed by atoms with van der Waals surface area (Å²) < 4.78 is 5.11. The molecule has 6 heteroatoms. The normalized spacial score (nSPS) is 25.1. The van der Waals surface area contributed by atoms with E-state index in [0.29, 0.717) is 6.42 Å². The third kappa shape index (κ3) is 2.99. The molecule has 116 valence electrons. The fraction of sp³-hybridized carbons (Fsp3) is 0.375. The highest BCUT2D eigenvalue weighted by molar-refractivity contribution is 7.10. The third-order valence-electron chi connectivity index (χ3n) is 3.74. The Morgan fingerprint density at radius 3 is 2.55 bits per heavy atom. The molecule has 0 aliphatic carbocycles. The molecule has 1 aliphatic heterocycles. The molecule has 0 spiro atoms. The van der Waals surface area contributed by atoms with Crippen molar-refractivity contribution in [3.8, 4) is 0 Å². The third-order valence-corrected chi connectivity index (χ3v) is 5.68. The van der Waals surface area contributed by atoms with E-state index in [0.717, 1.165) is 9.75 Å². The van der Waals surface area contributed by atoms with Crippen molar-refractivity contribution < 1.29 is 14.3 Å². The van der Waals surface area contributed by atoms with Crippen molar-refractivity contribution in [3.05, 3.63) is 44.8 Å². The lowest BCUT2D eigenvalue weighted by Gasteiger charge is -2.34. The molecular formula is C16H17NO3S2. The van der Waals surface area contributed by atoms with E-state index in [-0.39, 0.29) is 24.5 Å². The van der Waals surface area contributed by atoms with Gasteiger partial charge in [-0.05, 0) is 29.8 Å². The maximum Gasteiger partial charge on any atom is 0.318 e. The van der Waals surface area contributed by atoms with E-state index in [1.807, 2.05) is 35.0 Å². The van der Waals surface area contributed by atoms with Crippen molar-refractivity contribution in [2.75, 3.05) is 6.61 Å². The fourth-order valence-electron chi connectivity index (χ4n) is 2.77. The molecule has 0 aromatic carbocycles. The van der Waals surface area contributed by atoms with Gasteiger partial charge in [0, 0.05) is 22.2 Å². The first-order chi connectivity index (χ1) is 10.7. The van der Waals surface area contributed by atoms with Gasteiger partial charge in [0.25, 0.3) is 0 Å². The standard InChI is InChI=1S/C16H17NO3S2/c1-2-20-16(19)14-11(18)9-10(12-5-3-7-21-12)17-15(14)13-6-4-8-22-13/h3-8,10,14-15,17H,2,9H2,1H3. The van der Waals surface area contributed by atoms with Crippen LogP contribution in [0.15, 0.2) is 35.0 Å². The molecule has 1 saturated heterocycles. The minimum atomic E-state index is -0.755. The predicted octanol–water partition coefficient (Wildman–Crippen LogP) is 3.33. The molecule has 1 fully saturated rings. The number of Topliss-reactive ketones (excluding diaryl/α,β-unsaturated/α-hetero) is 1. The predicted molar refractivity (Wildman–Crippen MR) is 87.0 cm³/mol. The average Bonchev–Trinajstić information content (AvgIpc) is 3.20. The summed E-state index contributed by atoms with van der Waals surface area (Å²) in [5.74, 6) is -1.23. The lowest BCUT2D eigenvalue weighted by atomic mass is 9.85. The Balaban J connectivity index is 1.90. The molecule has 2 aromatic heterocycles. The van der Waals surface area contributed by atoms with E-state index in [9.17, 15) is 9.59 Å². The highest BCUT2D eigenvalue weighted by atomic mass is 32.1. The summed E-state index contributed by atoms with van der Waals surface area (Å²) in [6.45, 7) is 2.04. The summed E-state index contributed by atoms with van der Waals surface area (Å²) in [6, 6.07) is 7.54. The van der Waals surface area contributed by atoms with Crippen LogP contribution in [-0.4, -0.2) is 18.4 Å². The lowest BCUT2D eigenvalue weighted by molar-refractivity contribution is -0.154. The minimum Gasteiger partial charge on any atom is -0.465 e. The molecular weight excluding hydrogens is 318 g/mol. The first-order valence-electron chi connectivity index (χ1n) is 7.23. The number of thiophene rings is 2. The van der Waals surface area contributed by atoms with Crippen LogP contribution in [0.2, 0.25) is 0 Å². The molecule has 4 nitrogen and oxygen atoms in total. The number of nitrogens with one attached hydrogen (secondary N) is 1. The van der Waals surface area contributed by atoms with E-state index in [1.165, 1.54) is 0 Å². The number of esters is 1. The van der Waals surface area contributed by atoms with Gasteiger partial charge in [-0.2, -0.15) is 0 Å². The monoisotopic (exact) mass is 335 g/mol. The Bertz CT molecular complexity index is 636. The second-order valence-corrected chi connectivity index (χ2v) is 7.09. The number of piperidine rings is 1. The average molecular weight is 335 g/mol. The summed E-state index contributed by atoms with van der Waals surface area (Å²) >= 11 is 3.17. The van der Waals surface area contributed by atoms with Crippen LogP contribution >= 0.6 is 22.7 Å². The zero-order valence-corrected chi connectivity index (χ0v) is 13.8. The molecule has 0 amide bonds. The molecule has 2 aromatic rings. The Morgan fingerprint density at radius 2 is 1.95 bits per heavy atom. The van der Waals surface area contributed by atoms with E-state index < -0.39 is 11.9 Å². The summed E-state index contributed by atoms with van der Waals surface area (Å²) in [6.07, 6.45) is 0.325. The number of rotatable bonds is 4. The van der Waals surface area contributed by atoms with Crippen LogP contribution in [0.3, 0.4) is 0 Å². The number of carbonyl (C=O) groups is 2. The number of hydrogen-bond acceptors (Lipinski definition) is 6. The van der Waals surface area contributed by atoms with Crippen LogP contribution in [0, 0.1) is 5.92 Å². The molecule has 0 saturated carbocycles. The van der Waals surface area contributed by atoms with Crippen LogP contribution in [0.1, 0.15) is 35.2 Å². The SMILES string of the molecule is CCOC(=O)C1C(=O)CC(c2cccs2)NC1c1cccs1. The molecule has 3 heterocycles. The minimum absolute atomic E-state index is 0.0368. The van der Waals surface area contributed by atoms with Crippen molar-refractivity contribution in [2.45, 2.75) is 25.4 Å². The number of ether oxygens (including phenoxy) is 1. The fourth-order valence-corrected chi connectivity index (χ4v) is 4.38. The van der Waals surface area contributed by atoms with Gasteiger partial charge in [-0.15, -0.1) is 22.7 Å². The van der Waals surface area contributed by atoms with Crippen molar-refractivity contribution in [1.29, 1.82) is 0 Å². The quantitative estimate of drug-likeness (QED) is 0.688. The second kappa shape index (κ2) is 6.73. The summed E-state index contributed by atoms with van der Waals surface area (Å²) in [5, 5.41) is 7.43. The van der Waals surface area contributed by atoms with E-state index >= 15 is 0 Å². The highest BCUT2D eigenvalue weighted by Gasteiger charge is 2.43. The maximum atomic E-state index is 12.6. The van der Waals surface area contributed by atoms with Crippen LogP contribution in [-0.2, 0) is 14.3 Å². The van der Waals surface area contributed by atoms with Gasteiger partial charge in [0.15, 0.2) is 5.78 Å². The molecule has 0 radical (unpaired) electrons. The zero-order valence-electron chi connectivity index (χ0n) is 12.2. The maximum absolute atomic E-state index is 12.6. The Hall–Kier alpha value is -1.50. The molecule has 1 N–H and O–H groups in total. The lowest BCUT2D eigenvalue weighted by Crippen LogP contribution is -2.45. The molecule has 1 aliphatic rings. The number of hydrogen-bond donors (Lipinski definition) is 1. The smallest absolute Gasteiger partial charge is 0.318 e. The van der Waals surface area contributed by atoms with Crippen molar-refractivity contribution in [2.24, 2.45) is 5.92 Å². The molecule has 22 heavy (non-hydrogen) atoms. The van der Waals surface area contributed by atoms with Gasteiger partial charge < -0.3 is 10.1 Å². The summed E-state index contributed by atoms with van der Waals surface area (Å²) in [5.41, 5.74) is 0. The molecule has 3 rings (SSSR count). The molecule has 0 bridgehead atoms. The zero-order chi connectivity index (χ0) is 15.5. The molecule has 3 unspecified atom stereocenters.